The van der Waals surface area contributed by atoms with Crippen LogP contribution in [0, 0.1) is 11.7 Å². The molecule has 5 nitrogen and oxygen atoms in total. The largest absolute Gasteiger partial charge is 0.487 e. The molecule has 4 rings (SSSR count). The van der Waals surface area contributed by atoms with E-state index in [0.717, 1.165) is 58.2 Å². The SMILES string of the molecule is O=C(NC1CCC(CCN2CCC(Oc3c(Cl)cc(F)cc3Cl)CC2)CC1)Oc1cccs1. The first-order valence-corrected chi connectivity index (χ1v) is 13.1. The number of piperidine rings is 1. The molecule has 2 aliphatic rings. The third kappa shape index (κ3) is 7.22. The summed E-state index contributed by atoms with van der Waals surface area (Å²) >= 11 is 13.6. The molecular formula is C24H29Cl2FN2O3S. The molecule has 1 saturated carbocycles. The van der Waals surface area contributed by atoms with Crippen molar-refractivity contribution in [3.8, 4) is 10.8 Å². The summed E-state index contributed by atoms with van der Waals surface area (Å²) in [4.78, 5) is 14.5. The Labute approximate surface area is 208 Å². The van der Waals surface area contributed by atoms with Gasteiger partial charge in [0.1, 0.15) is 11.9 Å². The summed E-state index contributed by atoms with van der Waals surface area (Å²) in [5, 5.41) is 5.94. The lowest BCUT2D eigenvalue weighted by molar-refractivity contribution is 0.0950. The first kappa shape index (κ1) is 24.6. The molecule has 9 heteroatoms. The van der Waals surface area contributed by atoms with Crippen LogP contribution in [0.2, 0.25) is 10.0 Å². The van der Waals surface area contributed by atoms with E-state index in [9.17, 15) is 9.18 Å². The van der Waals surface area contributed by atoms with Gasteiger partial charge in [-0.25, -0.2) is 9.18 Å². The number of amides is 1. The van der Waals surface area contributed by atoms with Crippen LogP contribution in [0.3, 0.4) is 0 Å². The van der Waals surface area contributed by atoms with Crippen molar-refractivity contribution in [1.29, 1.82) is 0 Å². The van der Waals surface area contributed by atoms with Gasteiger partial charge in [-0.3, -0.25) is 0 Å². The van der Waals surface area contributed by atoms with Crippen molar-refractivity contribution < 1.29 is 18.7 Å². The van der Waals surface area contributed by atoms with E-state index in [1.54, 1.807) is 6.07 Å². The number of nitrogens with one attached hydrogen (secondary N) is 1. The van der Waals surface area contributed by atoms with Crippen LogP contribution in [0.5, 0.6) is 10.8 Å². The molecule has 180 valence electrons. The lowest BCUT2D eigenvalue weighted by Crippen LogP contribution is -2.41. The maximum atomic E-state index is 13.4. The first-order valence-electron chi connectivity index (χ1n) is 11.5. The van der Waals surface area contributed by atoms with E-state index < -0.39 is 5.82 Å². The fourth-order valence-corrected chi connectivity index (χ4v) is 5.75. The highest BCUT2D eigenvalue weighted by molar-refractivity contribution is 7.11. The molecule has 1 N–H and O–H groups in total. The van der Waals surface area contributed by atoms with Crippen LogP contribution in [0.4, 0.5) is 9.18 Å². The van der Waals surface area contributed by atoms with Crippen molar-refractivity contribution >= 4 is 40.6 Å². The van der Waals surface area contributed by atoms with Gasteiger partial charge in [-0.05, 0) is 87.1 Å². The van der Waals surface area contributed by atoms with Gasteiger partial charge in [0.15, 0.2) is 10.8 Å². The summed E-state index contributed by atoms with van der Waals surface area (Å²) in [6, 6.07) is 6.32. The zero-order valence-electron chi connectivity index (χ0n) is 18.4. The Kier molecular flexibility index (Phi) is 8.74. The van der Waals surface area contributed by atoms with E-state index >= 15 is 0 Å². The molecule has 2 fully saturated rings. The minimum absolute atomic E-state index is 0.0390. The van der Waals surface area contributed by atoms with Gasteiger partial charge in [-0.1, -0.05) is 23.2 Å². The van der Waals surface area contributed by atoms with Crippen molar-refractivity contribution in [2.45, 2.75) is 57.1 Å². The van der Waals surface area contributed by atoms with Gasteiger partial charge in [0.2, 0.25) is 0 Å². The van der Waals surface area contributed by atoms with Gasteiger partial charge in [-0.15, -0.1) is 11.3 Å². The van der Waals surface area contributed by atoms with E-state index in [4.69, 9.17) is 32.7 Å². The Balaban J connectivity index is 1.12. The van der Waals surface area contributed by atoms with Crippen LogP contribution < -0.4 is 14.8 Å². The number of nitrogens with zero attached hydrogens (tertiary/aromatic N) is 1. The number of carbonyl (C=O) groups excluding carboxylic acids is 1. The summed E-state index contributed by atoms with van der Waals surface area (Å²) in [6.07, 6.45) is 6.91. The van der Waals surface area contributed by atoms with Crippen LogP contribution in [0.1, 0.15) is 44.9 Å². The highest BCUT2D eigenvalue weighted by atomic mass is 35.5. The number of rotatable bonds is 7. The number of halogens is 3. The Hall–Kier alpha value is -1.54. The summed E-state index contributed by atoms with van der Waals surface area (Å²) in [5.74, 6) is 0.611. The molecule has 2 aromatic rings. The topological polar surface area (TPSA) is 50.8 Å². The van der Waals surface area contributed by atoms with Crippen molar-refractivity contribution in [1.82, 2.24) is 10.2 Å². The molecule has 0 radical (unpaired) electrons. The van der Waals surface area contributed by atoms with Gasteiger partial charge in [0.25, 0.3) is 0 Å². The van der Waals surface area contributed by atoms with Crippen LogP contribution in [0.25, 0.3) is 0 Å². The van der Waals surface area contributed by atoms with E-state index in [1.807, 2.05) is 11.4 Å². The standard InChI is InChI=1S/C24H29Cl2FN2O3S/c25-20-14-17(27)15-21(26)23(20)31-19-8-11-29(12-9-19)10-7-16-3-5-18(6-4-16)28-24(30)32-22-2-1-13-33-22/h1-2,13-16,18-19H,3-12H2,(H,28,30). The molecule has 1 aliphatic heterocycles. The maximum absolute atomic E-state index is 13.4. The molecule has 1 aliphatic carbocycles. The second-order valence-electron chi connectivity index (χ2n) is 8.83. The summed E-state index contributed by atoms with van der Waals surface area (Å²) in [7, 11) is 0. The highest BCUT2D eigenvalue weighted by Gasteiger charge is 2.26. The van der Waals surface area contributed by atoms with Gasteiger partial charge >= 0.3 is 6.09 Å². The molecule has 1 amide bonds. The normalized spacial score (nSPS) is 22.2. The maximum Gasteiger partial charge on any atom is 0.413 e. The van der Waals surface area contributed by atoms with Crippen molar-refractivity contribution in [2.75, 3.05) is 19.6 Å². The lowest BCUT2D eigenvalue weighted by atomic mass is 9.84. The smallest absolute Gasteiger partial charge is 0.413 e. The molecule has 33 heavy (non-hydrogen) atoms. The molecule has 0 atom stereocenters. The molecule has 0 spiro atoms. The van der Waals surface area contributed by atoms with Gasteiger partial charge in [-0.2, -0.15) is 0 Å². The first-order chi connectivity index (χ1) is 16.0. The third-order valence-corrected chi connectivity index (χ3v) is 7.80. The number of hydrogen-bond acceptors (Lipinski definition) is 5. The zero-order chi connectivity index (χ0) is 23.2. The van der Waals surface area contributed by atoms with E-state index in [1.165, 1.54) is 29.9 Å². The molecule has 1 saturated heterocycles. The number of thiophene rings is 1. The minimum Gasteiger partial charge on any atom is -0.487 e. The third-order valence-electron chi connectivity index (χ3n) is 6.49. The van der Waals surface area contributed by atoms with E-state index in [2.05, 4.69) is 10.2 Å². The highest BCUT2D eigenvalue weighted by Crippen LogP contribution is 2.36. The Bertz CT molecular complexity index is 891. The predicted octanol–water partition coefficient (Wildman–Crippen LogP) is 6.77. The molecule has 1 aromatic carbocycles. The van der Waals surface area contributed by atoms with Crippen molar-refractivity contribution in [3.05, 3.63) is 45.5 Å². The molecule has 2 heterocycles. The van der Waals surface area contributed by atoms with Crippen molar-refractivity contribution in [2.24, 2.45) is 5.92 Å². The number of hydrogen-bond donors (Lipinski definition) is 1. The fraction of sp³-hybridized carbons (Fsp3) is 0.542. The van der Waals surface area contributed by atoms with E-state index in [0.29, 0.717) is 16.7 Å². The number of benzene rings is 1. The zero-order valence-corrected chi connectivity index (χ0v) is 20.7. The number of carbonyl (C=O) groups is 1. The number of likely N-dealkylation sites (tertiary alicyclic amines) is 1. The quantitative estimate of drug-likeness (QED) is 0.442. The van der Waals surface area contributed by atoms with Crippen LogP contribution >= 0.6 is 34.5 Å². The Morgan fingerprint density at radius 1 is 1.12 bits per heavy atom. The Morgan fingerprint density at radius 3 is 2.45 bits per heavy atom. The average molecular weight is 515 g/mol. The predicted molar refractivity (Wildman–Crippen MR) is 130 cm³/mol. The summed E-state index contributed by atoms with van der Waals surface area (Å²) in [5.41, 5.74) is 0. The van der Waals surface area contributed by atoms with Crippen LogP contribution in [-0.2, 0) is 0 Å². The minimum atomic E-state index is -0.463. The molecular weight excluding hydrogens is 486 g/mol. The van der Waals surface area contributed by atoms with Crippen LogP contribution in [-0.4, -0.2) is 42.8 Å². The Morgan fingerprint density at radius 2 is 1.82 bits per heavy atom. The van der Waals surface area contributed by atoms with E-state index in [-0.39, 0.29) is 28.3 Å². The second kappa shape index (κ2) is 11.7. The monoisotopic (exact) mass is 514 g/mol. The lowest BCUT2D eigenvalue weighted by Gasteiger charge is -2.34. The number of ether oxygens (including phenoxy) is 2. The molecule has 0 bridgehead atoms. The van der Waals surface area contributed by atoms with Gasteiger partial charge in [0, 0.05) is 19.1 Å². The second-order valence-corrected chi connectivity index (χ2v) is 10.6. The fourth-order valence-electron chi connectivity index (χ4n) is 4.63. The molecule has 1 aromatic heterocycles. The summed E-state index contributed by atoms with van der Waals surface area (Å²) < 4.78 is 24.7. The summed E-state index contributed by atoms with van der Waals surface area (Å²) in [6.45, 7) is 3.01. The van der Waals surface area contributed by atoms with Crippen LogP contribution in [0.15, 0.2) is 29.6 Å². The van der Waals surface area contributed by atoms with Crippen molar-refractivity contribution in [3.63, 3.8) is 0 Å². The van der Waals surface area contributed by atoms with Gasteiger partial charge < -0.3 is 19.7 Å². The molecule has 0 unspecified atom stereocenters. The van der Waals surface area contributed by atoms with Gasteiger partial charge in [0.05, 0.1) is 10.0 Å². The average Bonchev–Trinajstić information content (AvgIpc) is 3.29.